The number of aromatic nitrogens is 2. The number of rotatable bonds is 7. The van der Waals surface area contributed by atoms with E-state index in [9.17, 15) is 19.6 Å². The molecule has 6 rings (SSSR count). The van der Waals surface area contributed by atoms with Gasteiger partial charge >= 0.3 is 6.09 Å². The summed E-state index contributed by atoms with van der Waals surface area (Å²) in [6, 6.07) is 21.2. The number of carbonyl (C=O) groups excluding carboxylic acids is 4. The average Bonchev–Trinajstić information content (AvgIpc) is 3.49. The van der Waals surface area contributed by atoms with Crippen LogP contribution in [0.15, 0.2) is 72.8 Å². The van der Waals surface area contributed by atoms with Gasteiger partial charge in [-0.2, -0.15) is 10.4 Å². The van der Waals surface area contributed by atoms with Crippen LogP contribution in [-0.4, -0.2) is 82.5 Å². The SMILES string of the molecule is C[C@@H](C(=O)N[C@@H]1C(=O)N(Cc2nn(-c3ccccc3C#N)c3ccccc23)c2ccccc2N(C(=O)C2CCOCC2)[C@H]1C)N(C)C(=O)OC(C)(C)C. The Hall–Kier alpha value is -5.74. The van der Waals surface area contributed by atoms with E-state index in [0.29, 0.717) is 54.4 Å². The van der Waals surface area contributed by atoms with Gasteiger partial charge in [0.25, 0.3) is 5.91 Å². The first-order valence-corrected chi connectivity index (χ1v) is 17.8. The summed E-state index contributed by atoms with van der Waals surface area (Å²) in [4.78, 5) is 60.7. The first-order chi connectivity index (χ1) is 25.3. The fraction of sp³-hybridized carbons (Fsp3) is 0.400. The number of hydrogen-bond acceptors (Lipinski definition) is 8. The van der Waals surface area contributed by atoms with E-state index in [0.717, 1.165) is 10.9 Å². The van der Waals surface area contributed by atoms with Crippen LogP contribution >= 0.6 is 0 Å². The molecule has 4 amide bonds. The third kappa shape index (κ3) is 7.45. The quantitative estimate of drug-likeness (QED) is 0.269. The zero-order chi connectivity index (χ0) is 38.0. The van der Waals surface area contributed by atoms with E-state index in [-0.39, 0.29) is 18.4 Å². The minimum absolute atomic E-state index is 0.0101. The molecule has 1 aromatic heterocycles. The third-order valence-electron chi connectivity index (χ3n) is 9.83. The molecule has 0 spiro atoms. The Balaban J connectivity index is 1.43. The molecular weight excluding hydrogens is 674 g/mol. The van der Waals surface area contributed by atoms with Crippen LogP contribution in [0, 0.1) is 17.2 Å². The molecule has 276 valence electrons. The Morgan fingerprint density at radius 3 is 2.30 bits per heavy atom. The molecule has 1 N–H and O–H groups in total. The highest BCUT2D eigenvalue weighted by Crippen LogP contribution is 2.39. The molecule has 0 aliphatic carbocycles. The lowest BCUT2D eigenvalue weighted by atomic mass is 9.96. The number of ether oxygens (including phenoxy) is 2. The van der Waals surface area contributed by atoms with Crippen molar-refractivity contribution in [1.29, 1.82) is 5.26 Å². The lowest BCUT2D eigenvalue weighted by Crippen LogP contribution is -2.61. The molecule has 0 unspecified atom stereocenters. The molecule has 3 heterocycles. The number of nitrogens with one attached hydrogen (secondary N) is 1. The molecule has 1 fully saturated rings. The van der Waals surface area contributed by atoms with Crippen LogP contribution in [0.25, 0.3) is 16.6 Å². The highest BCUT2D eigenvalue weighted by atomic mass is 16.6. The first-order valence-electron chi connectivity index (χ1n) is 17.8. The van der Waals surface area contributed by atoms with Gasteiger partial charge in [0.05, 0.1) is 46.4 Å². The number of fused-ring (bicyclic) bond motifs is 2. The van der Waals surface area contributed by atoms with E-state index in [1.807, 2.05) is 48.5 Å². The van der Waals surface area contributed by atoms with Crippen LogP contribution in [0.1, 0.15) is 58.7 Å². The summed E-state index contributed by atoms with van der Waals surface area (Å²) >= 11 is 0. The molecule has 1 saturated heterocycles. The number of amides is 4. The molecule has 53 heavy (non-hydrogen) atoms. The van der Waals surface area contributed by atoms with Gasteiger partial charge in [0.1, 0.15) is 23.8 Å². The number of nitrogens with zero attached hydrogens (tertiary/aromatic N) is 6. The van der Waals surface area contributed by atoms with Crippen molar-refractivity contribution in [2.75, 3.05) is 30.1 Å². The van der Waals surface area contributed by atoms with E-state index in [2.05, 4.69) is 11.4 Å². The molecule has 2 aliphatic heterocycles. The maximum Gasteiger partial charge on any atom is 0.410 e. The summed E-state index contributed by atoms with van der Waals surface area (Å²) in [7, 11) is 1.46. The van der Waals surface area contributed by atoms with Gasteiger partial charge in [-0.25, -0.2) is 9.48 Å². The summed E-state index contributed by atoms with van der Waals surface area (Å²) < 4.78 is 12.7. The van der Waals surface area contributed by atoms with Gasteiger partial charge in [-0.3, -0.25) is 19.3 Å². The van der Waals surface area contributed by atoms with E-state index >= 15 is 4.79 Å². The molecule has 0 bridgehead atoms. The van der Waals surface area contributed by atoms with Gasteiger partial charge in [-0.15, -0.1) is 0 Å². The van der Waals surface area contributed by atoms with E-state index < -0.39 is 41.6 Å². The van der Waals surface area contributed by atoms with Crippen LogP contribution < -0.4 is 15.1 Å². The summed E-state index contributed by atoms with van der Waals surface area (Å²) in [5, 5.41) is 18.5. The first kappa shape index (κ1) is 37.0. The maximum atomic E-state index is 15.0. The Morgan fingerprint density at radius 2 is 1.62 bits per heavy atom. The molecule has 3 atom stereocenters. The van der Waals surface area contributed by atoms with Crippen LogP contribution in [0.3, 0.4) is 0 Å². The number of nitriles is 1. The Labute approximate surface area is 309 Å². The molecule has 13 heteroatoms. The zero-order valence-corrected chi connectivity index (χ0v) is 30.9. The molecular formula is C40H45N7O6. The van der Waals surface area contributed by atoms with Gasteiger partial charge in [0.2, 0.25) is 11.8 Å². The van der Waals surface area contributed by atoms with Crippen molar-refractivity contribution < 1.29 is 28.7 Å². The van der Waals surface area contributed by atoms with Crippen molar-refractivity contribution in [1.82, 2.24) is 20.0 Å². The van der Waals surface area contributed by atoms with E-state index in [1.54, 1.807) is 73.4 Å². The summed E-state index contributed by atoms with van der Waals surface area (Å²) in [6.07, 6.45) is 0.375. The van der Waals surface area contributed by atoms with E-state index in [4.69, 9.17) is 14.6 Å². The minimum Gasteiger partial charge on any atom is -0.444 e. The number of carbonyl (C=O) groups is 4. The highest BCUT2D eigenvalue weighted by molar-refractivity contribution is 6.09. The van der Waals surface area contributed by atoms with Gasteiger partial charge in [-0.1, -0.05) is 42.5 Å². The van der Waals surface area contributed by atoms with Gasteiger partial charge in [0, 0.05) is 31.6 Å². The van der Waals surface area contributed by atoms with E-state index in [1.165, 1.54) is 11.9 Å². The lowest BCUT2D eigenvalue weighted by Gasteiger charge is -2.36. The Bertz CT molecular complexity index is 2080. The standard InChI is InChI=1S/C40H45N7O6/c1-25-35(42-36(48)26(2)44(6)39(51)53-40(3,4)5)38(50)45(33-17-11-12-18-34(33)46(25)37(49)27-19-21-52-22-20-27)24-30-29-14-8-10-16-32(29)47(43-30)31-15-9-7-13-28(31)23-41/h7-18,25-27,35H,19-22,24H2,1-6H3,(H,42,48)/t25-,26-,35-/m0/s1. The summed E-state index contributed by atoms with van der Waals surface area (Å²) in [5.41, 5.74) is 2.56. The van der Waals surface area contributed by atoms with Crippen molar-refractivity contribution in [2.45, 2.75) is 77.7 Å². The number of hydrogen-bond donors (Lipinski definition) is 1. The number of benzene rings is 3. The molecule has 13 nitrogen and oxygen atoms in total. The van der Waals surface area contributed by atoms with Crippen LogP contribution in [0.4, 0.5) is 16.2 Å². The second-order valence-corrected chi connectivity index (χ2v) is 14.5. The highest BCUT2D eigenvalue weighted by Gasteiger charge is 2.44. The molecule has 0 radical (unpaired) electrons. The normalized spacial score (nSPS) is 18.5. The summed E-state index contributed by atoms with van der Waals surface area (Å²) in [5.74, 6) is -1.54. The average molecular weight is 720 g/mol. The zero-order valence-electron chi connectivity index (χ0n) is 30.9. The lowest BCUT2D eigenvalue weighted by molar-refractivity contribution is -0.131. The second-order valence-electron chi connectivity index (χ2n) is 14.5. The van der Waals surface area contributed by atoms with Gasteiger partial charge < -0.3 is 24.6 Å². The van der Waals surface area contributed by atoms with Crippen molar-refractivity contribution in [3.63, 3.8) is 0 Å². The maximum absolute atomic E-state index is 15.0. The van der Waals surface area contributed by atoms with Crippen molar-refractivity contribution >= 4 is 46.1 Å². The van der Waals surface area contributed by atoms with Gasteiger partial charge in [-0.05, 0) is 77.8 Å². The smallest absolute Gasteiger partial charge is 0.410 e. The Morgan fingerprint density at radius 1 is 1.00 bits per heavy atom. The largest absolute Gasteiger partial charge is 0.444 e. The fourth-order valence-corrected chi connectivity index (χ4v) is 6.84. The fourth-order valence-electron chi connectivity index (χ4n) is 6.84. The van der Waals surface area contributed by atoms with Crippen LogP contribution in [0.5, 0.6) is 0 Å². The molecule has 2 aliphatic rings. The Kier molecular flexibility index (Phi) is 10.5. The molecule has 0 saturated carbocycles. The predicted molar refractivity (Wildman–Crippen MR) is 199 cm³/mol. The monoisotopic (exact) mass is 719 g/mol. The minimum atomic E-state index is -1.21. The number of likely N-dealkylation sites (N-methyl/N-ethyl adjacent to an activating group) is 1. The number of anilines is 2. The van der Waals surface area contributed by atoms with Crippen molar-refractivity contribution in [3.8, 4) is 11.8 Å². The van der Waals surface area contributed by atoms with Crippen molar-refractivity contribution in [2.24, 2.45) is 5.92 Å². The molecule has 4 aromatic rings. The third-order valence-corrected chi connectivity index (χ3v) is 9.83. The number of para-hydroxylation sites is 4. The molecule has 3 aromatic carbocycles. The predicted octanol–water partition coefficient (Wildman–Crippen LogP) is 5.33. The van der Waals surface area contributed by atoms with Gasteiger partial charge in [0.15, 0.2) is 0 Å². The van der Waals surface area contributed by atoms with Crippen LogP contribution in [0.2, 0.25) is 0 Å². The van der Waals surface area contributed by atoms with Crippen LogP contribution in [-0.2, 0) is 30.4 Å². The summed E-state index contributed by atoms with van der Waals surface area (Å²) in [6.45, 7) is 9.41. The van der Waals surface area contributed by atoms with Crippen molar-refractivity contribution in [3.05, 3.63) is 84.1 Å². The second kappa shape index (κ2) is 15.1. The topological polar surface area (TPSA) is 150 Å².